The van der Waals surface area contributed by atoms with Crippen molar-refractivity contribution >= 4 is 247 Å². The molecule has 0 unspecified atom stereocenters. The van der Waals surface area contributed by atoms with Crippen molar-refractivity contribution in [2.45, 2.75) is 12.8 Å². The minimum absolute atomic E-state index is 0.0348. The predicted molar refractivity (Wildman–Crippen MR) is 354 cm³/mol. The van der Waals surface area contributed by atoms with Crippen molar-refractivity contribution in [1.29, 1.82) is 0 Å². The van der Waals surface area contributed by atoms with Crippen molar-refractivity contribution in [3.8, 4) is 0 Å². The van der Waals surface area contributed by atoms with Crippen LogP contribution in [0, 0.1) is 7.14 Å². The molecule has 0 aliphatic carbocycles. The standard InChI is InChI=1S/C15H11ClINOS.C13H8ClN3OS.C7H5NOS.C6H2BrClN2S.C6H4ClN3S.C5H4ClIN2/c16-15-7-6-12(17)13(18-15)8-11(20)9-14(19)10-4-2-1-3-5-10;14-10-7-6-9-11(15-10)16-13(19-9)17-12(18)8-4-2-1-3-5-8;9-7(8-10)6-4-2-1-3-5-6;7-6-10-5-3(11-6)1-2-4(8)9-5;7-4-2-1-3-5(9-4)10-6(8)11-3;6-4-2-1-3(7)5(8)9-4/h1-7H,8-9H2;1-7H,(H,15,16,17,18);1-5H;1-2H;1-2H,(H2,8,9,10);1-2H,(H2,8,9). The molecule has 11 rings (SSSR count). The maximum Gasteiger partial charge on any atom is 0.288 e. The second-order valence-electron chi connectivity index (χ2n) is 15.2. The van der Waals surface area contributed by atoms with Gasteiger partial charge in [-0.25, -0.2) is 34.9 Å². The molecule has 3 aromatic carbocycles. The Bertz CT molecular complexity index is 3860. The second kappa shape index (κ2) is 32.6. The average Bonchev–Trinajstić information content (AvgIpc) is 4.16. The number of nitrogens with one attached hydrogen (secondary N) is 1. The zero-order chi connectivity index (χ0) is 57.7. The lowest BCUT2D eigenvalue weighted by atomic mass is 10.0. The number of rotatable bonds is 8. The number of fused-ring (bicyclic) bond motifs is 3. The molecule has 11 aromatic rings. The summed E-state index contributed by atoms with van der Waals surface area (Å²) in [6, 6.07) is 44.8. The van der Waals surface area contributed by atoms with E-state index in [0.29, 0.717) is 86.8 Å². The van der Waals surface area contributed by atoms with Gasteiger partial charge in [0.25, 0.3) is 11.8 Å². The SMILES string of the molecule is Clc1ccc2sc(Br)nc2n1.Nc1nc(Cl)ccc1I.Nc1nc2nc(Cl)ccc2s1.O=C(CC(=S)Cc1nc(Cl)ccc1I)c1ccccc1.O=C(N=S)c1ccccc1.O=C(Nc1nc2nc(Cl)ccc2s1)c1ccccc1. The van der Waals surface area contributed by atoms with E-state index in [1.54, 1.807) is 90.2 Å². The fraction of sp³-hybridized carbons (Fsp3) is 0.0385. The summed E-state index contributed by atoms with van der Waals surface area (Å²) in [5.41, 5.74) is 15.4. The molecular weight excluding hydrogens is 1510 g/mol. The first kappa shape index (κ1) is 64.2. The van der Waals surface area contributed by atoms with Crippen molar-refractivity contribution in [2.75, 3.05) is 16.8 Å². The lowest BCUT2D eigenvalue weighted by molar-refractivity contribution is 0.0994. The molecule has 0 aliphatic heterocycles. The van der Waals surface area contributed by atoms with Crippen LogP contribution in [0.1, 0.15) is 43.2 Å². The smallest absolute Gasteiger partial charge is 0.288 e. The summed E-state index contributed by atoms with van der Waals surface area (Å²) in [5, 5.41) is 5.98. The first-order valence-corrected chi connectivity index (χ1v) is 30.4. The molecule has 0 saturated carbocycles. The summed E-state index contributed by atoms with van der Waals surface area (Å²) in [5.74, 6) is -0.0166. The molecular formula is C52H34BrCl5I2N12O3S5. The summed E-state index contributed by atoms with van der Waals surface area (Å²) in [4.78, 5) is 67.9. The molecule has 0 bridgehead atoms. The molecule has 0 aliphatic rings. The number of Topliss-reactive ketones (excluding diaryl/α,β-unsaturated/α-hetero) is 1. The van der Waals surface area contributed by atoms with Crippen LogP contribution in [0.15, 0.2) is 160 Å². The largest absolute Gasteiger partial charge is 0.383 e. The number of thiazole rings is 3. The molecule has 8 heterocycles. The monoisotopic (exact) mass is 1540 g/mol. The van der Waals surface area contributed by atoms with E-state index in [0.717, 1.165) is 30.9 Å². The van der Waals surface area contributed by atoms with E-state index >= 15 is 0 Å². The van der Waals surface area contributed by atoms with Crippen LogP contribution in [0.25, 0.3) is 31.0 Å². The Kier molecular flexibility index (Phi) is 26.1. The van der Waals surface area contributed by atoms with Gasteiger partial charge in [0.15, 0.2) is 36.9 Å². The topological polar surface area (TPSA) is 231 Å². The van der Waals surface area contributed by atoms with Crippen LogP contribution >= 0.6 is 165 Å². The van der Waals surface area contributed by atoms with Gasteiger partial charge in [-0.1, -0.05) is 160 Å². The Labute approximate surface area is 540 Å². The highest BCUT2D eigenvalue weighted by atomic mass is 127. The van der Waals surface area contributed by atoms with E-state index in [-0.39, 0.29) is 24.0 Å². The molecule has 28 heteroatoms. The molecule has 0 atom stereocenters. The van der Waals surface area contributed by atoms with Gasteiger partial charge >= 0.3 is 0 Å². The summed E-state index contributed by atoms with van der Waals surface area (Å²) < 4.78 is 8.76. The van der Waals surface area contributed by atoms with Gasteiger partial charge in [0, 0.05) is 50.4 Å². The van der Waals surface area contributed by atoms with Crippen LogP contribution in [0.5, 0.6) is 0 Å². The fourth-order valence-corrected chi connectivity index (χ4v) is 10.7. The van der Waals surface area contributed by atoms with E-state index in [4.69, 9.17) is 81.7 Å². The Hall–Kier alpha value is -5.01. The highest BCUT2D eigenvalue weighted by Gasteiger charge is 2.13. The Morgan fingerprint density at radius 3 is 1.52 bits per heavy atom. The molecule has 5 N–H and O–H groups in total. The third-order valence-electron chi connectivity index (χ3n) is 9.55. The number of nitrogens with two attached hydrogens (primary N) is 2. The third-order valence-corrected chi connectivity index (χ3v) is 16.2. The number of carbonyl (C=O) groups is 3. The number of nitrogens with zero attached hydrogens (tertiary/aromatic N) is 9. The third kappa shape index (κ3) is 21.1. The molecule has 0 saturated heterocycles. The molecule has 0 spiro atoms. The van der Waals surface area contributed by atoms with Gasteiger partial charge in [-0.05, 0) is 146 Å². The van der Waals surface area contributed by atoms with Gasteiger partial charge in [-0.2, -0.15) is 4.98 Å². The van der Waals surface area contributed by atoms with Crippen LogP contribution < -0.4 is 16.8 Å². The van der Waals surface area contributed by atoms with Crippen molar-refractivity contribution in [2.24, 2.45) is 4.36 Å². The number of hydrogen-bond donors (Lipinski definition) is 3. The van der Waals surface area contributed by atoms with Crippen molar-refractivity contribution in [3.05, 3.63) is 211 Å². The van der Waals surface area contributed by atoms with Gasteiger partial charge in [0.05, 0.1) is 23.4 Å². The highest BCUT2D eigenvalue weighted by Crippen LogP contribution is 2.28. The average molecular weight is 1550 g/mol. The number of thiocarbonyl (C=S) groups is 1. The first-order valence-electron chi connectivity index (χ1n) is 22.3. The number of pyridine rings is 5. The molecule has 0 radical (unpaired) electrons. The Morgan fingerprint density at radius 2 is 0.988 bits per heavy atom. The Morgan fingerprint density at radius 1 is 0.537 bits per heavy atom. The number of benzene rings is 3. The summed E-state index contributed by atoms with van der Waals surface area (Å²) in [7, 11) is 0. The van der Waals surface area contributed by atoms with E-state index in [1.807, 2.05) is 72.8 Å². The van der Waals surface area contributed by atoms with Crippen LogP contribution in [0.2, 0.25) is 25.8 Å². The van der Waals surface area contributed by atoms with Crippen LogP contribution in [0.4, 0.5) is 16.1 Å². The van der Waals surface area contributed by atoms with Crippen molar-refractivity contribution in [3.63, 3.8) is 0 Å². The molecule has 15 nitrogen and oxygen atoms in total. The number of amides is 2. The van der Waals surface area contributed by atoms with E-state index < -0.39 is 0 Å². The Balaban J connectivity index is 0.000000159. The minimum Gasteiger partial charge on any atom is -0.383 e. The zero-order valence-corrected chi connectivity index (χ0v) is 54.1. The van der Waals surface area contributed by atoms with Crippen molar-refractivity contribution < 1.29 is 14.4 Å². The normalized spacial score (nSPS) is 10.2. The molecule has 406 valence electrons. The molecule has 8 aromatic heterocycles. The molecule has 80 heavy (non-hydrogen) atoms. The minimum atomic E-state index is -0.351. The number of halogens is 8. The summed E-state index contributed by atoms with van der Waals surface area (Å²) in [6.07, 6.45) is 0.746. The van der Waals surface area contributed by atoms with Crippen LogP contribution in [0.3, 0.4) is 0 Å². The number of aromatic nitrogens is 8. The number of ketones is 1. The summed E-state index contributed by atoms with van der Waals surface area (Å²) in [6.45, 7) is 0. The lowest BCUT2D eigenvalue weighted by Gasteiger charge is -2.06. The van der Waals surface area contributed by atoms with Gasteiger partial charge in [0.1, 0.15) is 31.6 Å². The highest BCUT2D eigenvalue weighted by molar-refractivity contribution is 14.1. The van der Waals surface area contributed by atoms with Crippen LogP contribution in [-0.4, -0.2) is 62.3 Å². The maximum absolute atomic E-state index is 12.1. The van der Waals surface area contributed by atoms with Gasteiger partial charge in [-0.15, -0.1) is 15.7 Å². The van der Waals surface area contributed by atoms with E-state index in [1.165, 1.54) is 22.7 Å². The number of hydrogen-bond acceptors (Lipinski definition) is 18. The van der Waals surface area contributed by atoms with Gasteiger partial charge < -0.3 is 11.5 Å². The summed E-state index contributed by atoms with van der Waals surface area (Å²) >= 11 is 49.9. The second-order valence-corrected chi connectivity index (χ2v) is 24.7. The first-order chi connectivity index (χ1) is 38.3. The van der Waals surface area contributed by atoms with Gasteiger partial charge in [-0.3, -0.25) is 19.7 Å². The predicted octanol–water partition coefficient (Wildman–Crippen LogP) is 16.6. The van der Waals surface area contributed by atoms with E-state index in [2.05, 4.69) is 123 Å². The molecule has 0 fully saturated rings. The number of carbonyl (C=O) groups excluding carboxylic acids is 3. The number of anilines is 3. The van der Waals surface area contributed by atoms with Gasteiger partial charge in [0.2, 0.25) is 0 Å². The molecule has 2 amide bonds. The fourth-order valence-electron chi connectivity index (χ4n) is 5.99. The van der Waals surface area contributed by atoms with Crippen LogP contribution in [-0.2, 0) is 18.8 Å². The lowest BCUT2D eigenvalue weighted by Crippen LogP contribution is -2.11. The zero-order valence-electron chi connectivity index (χ0n) is 40.3. The number of nitrogen functional groups attached to an aromatic ring is 2. The maximum atomic E-state index is 12.1. The van der Waals surface area contributed by atoms with Crippen molar-refractivity contribution in [1.82, 2.24) is 39.9 Å². The van der Waals surface area contributed by atoms with E-state index in [9.17, 15) is 14.4 Å². The quantitative estimate of drug-likeness (QED) is 0.0556.